The zero-order valence-electron chi connectivity index (χ0n) is 22.4. The van der Waals surface area contributed by atoms with E-state index in [1.54, 1.807) is 6.20 Å². The molecule has 41 heavy (non-hydrogen) atoms. The number of hydrogen-bond donors (Lipinski definition) is 4. The van der Waals surface area contributed by atoms with Crippen LogP contribution in [0, 0.1) is 11.3 Å². The van der Waals surface area contributed by atoms with Crippen LogP contribution in [-0.2, 0) is 25.7 Å². The molecule has 2 aromatic carbocycles. The maximum absolute atomic E-state index is 8.82. The van der Waals surface area contributed by atoms with Crippen LogP contribution in [0.2, 0.25) is 5.15 Å². The van der Waals surface area contributed by atoms with Gasteiger partial charge >= 0.3 is 0 Å². The van der Waals surface area contributed by atoms with Crippen LogP contribution in [0.1, 0.15) is 53.5 Å². The number of nitrogens with zero attached hydrogens (tertiary/aromatic N) is 6. The number of nitrogens with two attached hydrogens (primary N) is 1. The van der Waals surface area contributed by atoms with E-state index in [2.05, 4.69) is 65.0 Å². The van der Waals surface area contributed by atoms with E-state index in [9.17, 15) is 0 Å². The molecule has 206 valence electrons. The van der Waals surface area contributed by atoms with Crippen molar-refractivity contribution >= 4 is 51.7 Å². The molecule has 0 bridgehead atoms. The molecule has 0 spiro atoms. The van der Waals surface area contributed by atoms with Gasteiger partial charge in [0, 0.05) is 17.6 Å². The Morgan fingerprint density at radius 1 is 0.805 bits per heavy atom. The lowest BCUT2D eigenvalue weighted by molar-refractivity contribution is 0.687. The van der Waals surface area contributed by atoms with Gasteiger partial charge < -0.3 is 16.4 Å². The lowest BCUT2D eigenvalue weighted by Gasteiger charge is -2.19. The van der Waals surface area contributed by atoms with Crippen LogP contribution in [0.3, 0.4) is 0 Å². The maximum Gasteiger partial charge on any atom is 0.229 e. The standard InChI is InChI=1S/C15H13ClN4.C15H16N6/c16-14-11(8-17)9-18-15(20-14)19-13-7-3-5-10-4-1-2-6-12(10)13;16-13-11-8-17-15(19-14(11)21-20-13)18-12-7-3-5-9-4-1-2-6-10(9)12/h3,5,7,9H,1-2,4,6H2,(H,18,19,20);3,5,7-8H,1-2,4,6H2,(H4,16,17,18,19,20,21). The smallest absolute Gasteiger partial charge is 0.229 e. The molecule has 7 rings (SSSR count). The number of aromatic nitrogens is 6. The summed E-state index contributed by atoms with van der Waals surface area (Å²) in [6, 6.07) is 14.6. The van der Waals surface area contributed by atoms with E-state index in [1.165, 1.54) is 54.1 Å². The first-order valence-corrected chi connectivity index (χ1v) is 14.1. The third kappa shape index (κ3) is 5.76. The van der Waals surface area contributed by atoms with Crippen molar-refractivity contribution in [1.82, 2.24) is 30.1 Å². The molecule has 5 N–H and O–H groups in total. The first kappa shape index (κ1) is 26.5. The summed E-state index contributed by atoms with van der Waals surface area (Å²) in [4.78, 5) is 17.0. The van der Waals surface area contributed by atoms with Crippen LogP contribution < -0.4 is 16.4 Å². The second-order valence-corrected chi connectivity index (χ2v) is 10.5. The van der Waals surface area contributed by atoms with Gasteiger partial charge in [0.15, 0.2) is 10.8 Å². The summed E-state index contributed by atoms with van der Waals surface area (Å²) in [5, 5.41) is 23.1. The Hall–Kier alpha value is -4.75. The van der Waals surface area contributed by atoms with Gasteiger partial charge in [-0.1, -0.05) is 35.9 Å². The topological polar surface area (TPSA) is 154 Å². The Labute approximate surface area is 242 Å². The van der Waals surface area contributed by atoms with Crippen LogP contribution in [0.4, 0.5) is 29.1 Å². The maximum atomic E-state index is 8.82. The number of aromatic amines is 1. The molecule has 0 fully saturated rings. The summed E-state index contributed by atoms with van der Waals surface area (Å²) in [7, 11) is 0. The Kier molecular flexibility index (Phi) is 7.60. The van der Waals surface area contributed by atoms with Crippen molar-refractivity contribution in [1.29, 1.82) is 5.26 Å². The molecule has 3 heterocycles. The number of benzene rings is 2. The number of anilines is 5. The summed E-state index contributed by atoms with van der Waals surface area (Å²) in [5.74, 6) is 1.47. The highest BCUT2D eigenvalue weighted by Gasteiger charge is 2.15. The summed E-state index contributed by atoms with van der Waals surface area (Å²) in [5.41, 5.74) is 14.3. The average Bonchev–Trinajstić information content (AvgIpc) is 3.38. The van der Waals surface area contributed by atoms with E-state index in [0.717, 1.165) is 42.4 Å². The number of hydrogen-bond acceptors (Lipinski definition) is 9. The normalized spacial score (nSPS) is 13.8. The molecule has 0 radical (unpaired) electrons. The van der Waals surface area contributed by atoms with Gasteiger partial charge in [0.2, 0.25) is 11.9 Å². The predicted molar refractivity (Wildman–Crippen MR) is 161 cm³/mol. The second-order valence-electron chi connectivity index (χ2n) is 10.1. The summed E-state index contributed by atoms with van der Waals surface area (Å²) < 4.78 is 0. The molecule has 2 aliphatic carbocycles. The van der Waals surface area contributed by atoms with Crippen molar-refractivity contribution in [2.24, 2.45) is 0 Å². The quantitative estimate of drug-likeness (QED) is 0.187. The molecule has 0 saturated heterocycles. The van der Waals surface area contributed by atoms with E-state index in [-0.39, 0.29) is 10.7 Å². The van der Waals surface area contributed by atoms with Gasteiger partial charge in [-0.25, -0.2) is 9.97 Å². The number of aryl methyl sites for hydroxylation is 2. The molecule has 0 amide bonds. The number of nitriles is 1. The van der Waals surface area contributed by atoms with Crippen LogP contribution >= 0.6 is 11.6 Å². The lowest BCUT2D eigenvalue weighted by atomic mass is 9.90. The number of fused-ring (bicyclic) bond motifs is 3. The molecule has 2 aliphatic rings. The first-order chi connectivity index (χ1) is 20.1. The van der Waals surface area contributed by atoms with Gasteiger partial charge in [-0.2, -0.15) is 20.3 Å². The fraction of sp³-hybridized carbons (Fsp3) is 0.267. The van der Waals surface area contributed by atoms with Crippen molar-refractivity contribution in [3.8, 4) is 6.07 Å². The SMILES string of the molecule is N#Cc1cnc(Nc2cccc3c2CCCC3)nc1Cl.Nc1[nH]nc2nc(Nc3cccc4c3CCCC4)ncc12. The van der Waals surface area contributed by atoms with Gasteiger partial charge in [0.05, 0.1) is 11.6 Å². The van der Waals surface area contributed by atoms with Crippen LogP contribution in [0.15, 0.2) is 48.8 Å². The molecule has 3 aromatic heterocycles. The van der Waals surface area contributed by atoms with E-state index in [1.807, 2.05) is 18.2 Å². The second kappa shape index (κ2) is 11.8. The lowest BCUT2D eigenvalue weighted by Crippen LogP contribution is -2.07. The minimum Gasteiger partial charge on any atom is -0.383 e. The fourth-order valence-corrected chi connectivity index (χ4v) is 5.59. The highest BCUT2D eigenvalue weighted by atomic mass is 35.5. The van der Waals surface area contributed by atoms with Crippen LogP contribution in [0.5, 0.6) is 0 Å². The average molecular weight is 565 g/mol. The van der Waals surface area contributed by atoms with Gasteiger partial charge in [0.25, 0.3) is 0 Å². The zero-order chi connectivity index (χ0) is 28.2. The number of H-pyrrole nitrogens is 1. The largest absolute Gasteiger partial charge is 0.383 e. The Morgan fingerprint density at radius 3 is 2.00 bits per heavy atom. The van der Waals surface area contributed by atoms with Crippen LogP contribution in [0.25, 0.3) is 11.0 Å². The zero-order valence-corrected chi connectivity index (χ0v) is 23.2. The number of nitrogen functional groups attached to an aromatic ring is 1. The first-order valence-electron chi connectivity index (χ1n) is 13.7. The van der Waals surface area contributed by atoms with Gasteiger partial charge in [-0.3, -0.25) is 5.10 Å². The molecule has 0 unspecified atom stereocenters. The molecule has 10 nitrogen and oxygen atoms in total. The van der Waals surface area contributed by atoms with Gasteiger partial charge in [0.1, 0.15) is 17.5 Å². The Balaban J connectivity index is 0.000000148. The van der Waals surface area contributed by atoms with E-state index >= 15 is 0 Å². The molecule has 5 aromatic rings. The third-order valence-electron chi connectivity index (χ3n) is 7.49. The third-order valence-corrected chi connectivity index (χ3v) is 7.78. The van der Waals surface area contributed by atoms with Crippen molar-refractivity contribution < 1.29 is 0 Å². The summed E-state index contributed by atoms with van der Waals surface area (Å²) in [6.07, 6.45) is 12.5. The van der Waals surface area contributed by atoms with Crippen molar-refractivity contribution in [2.75, 3.05) is 16.4 Å². The Bertz CT molecular complexity index is 1760. The van der Waals surface area contributed by atoms with Crippen LogP contribution in [-0.4, -0.2) is 30.1 Å². The number of halogens is 1. The Morgan fingerprint density at radius 2 is 1.39 bits per heavy atom. The molecule has 0 saturated carbocycles. The molecule has 0 atom stereocenters. The van der Waals surface area contributed by atoms with Crippen molar-refractivity contribution in [3.05, 3.63) is 81.8 Å². The summed E-state index contributed by atoms with van der Waals surface area (Å²) >= 11 is 5.93. The monoisotopic (exact) mass is 564 g/mol. The van der Waals surface area contributed by atoms with E-state index in [4.69, 9.17) is 22.6 Å². The minimum atomic E-state index is 0.176. The number of rotatable bonds is 4. The molecule has 11 heteroatoms. The van der Waals surface area contributed by atoms with E-state index < -0.39 is 0 Å². The highest BCUT2D eigenvalue weighted by molar-refractivity contribution is 6.30. The minimum absolute atomic E-state index is 0.176. The van der Waals surface area contributed by atoms with Gasteiger partial charge in [-0.05, 0) is 85.8 Å². The molecular formula is C30H29ClN10. The highest BCUT2D eigenvalue weighted by Crippen LogP contribution is 2.31. The summed E-state index contributed by atoms with van der Waals surface area (Å²) in [6.45, 7) is 0. The van der Waals surface area contributed by atoms with Crippen molar-refractivity contribution in [2.45, 2.75) is 51.4 Å². The number of nitrogens with one attached hydrogen (secondary N) is 3. The fourth-order valence-electron chi connectivity index (χ4n) is 5.42. The predicted octanol–water partition coefficient (Wildman–Crippen LogP) is 6.18. The van der Waals surface area contributed by atoms with Crippen molar-refractivity contribution in [3.63, 3.8) is 0 Å². The van der Waals surface area contributed by atoms with E-state index in [0.29, 0.717) is 23.4 Å². The molecule has 0 aliphatic heterocycles. The molecular weight excluding hydrogens is 536 g/mol. The van der Waals surface area contributed by atoms with Gasteiger partial charge in [-0.15, -0.1) is 0 Å².